The fourth-order valence-corrected chi connectivity index (χ4v) is 4.17. The largest absolute Gasteiger partial charge is 0.497 e. The molecule has 0 saturated carbocycles. The zero-order valence-electron chi connectivity index (χ0n) is 23.4. The minimum atomic E-state index is -0.977. The smallest absolute Gasteiger partial charge is 0.407 e. The maximum absolute atomic E-state index is 10.7. The summed E-state index contributed by atoms with van der Waals surface area (Å²) in [6, 6.07) is 25.9. The number of ether oxygens (including phenoxy) is 6. The van der Waals surface area contributed by atoms with Crippen LogP contribution in [0, 0.1) is 0 Å². The van der Waals surface area contributed by atoms with E-state index in [4.69, 9.17) is 33.5 Å². The van der Waals surface area contributed by atoms with E-state index in [1.165, 1.54) is 11.9 Å². The number of hydrogen-bond acceptors (Lipinski definition) is 7. The third-order valence-corrected chi connectivity index (χ3v) is 6.36. The van der Waals surface area contributed by atoms with Crippen molar-refractivity contribution in [3.05, 3.63) is 95.6 Å². The molecule has 0 heterocycles. The first kappa shape index (κ1) is 30.9. The van der Waals surface area contributed by atoms with Gasteiger partial charge in [0.15, 0.2) is 0 Å². The van der Waals surface area contributed by atoms with E-state index in [9.17, 15) is 4.79 Å². The predicted octanol–water partition coefficient (Wildman–Crippen LogP) is 4.67. The van der Waals surface area contributed by atoms with Crippen LogP contribution >= 0.6 is 0 Å². The van der Waals surface area contributed by atoms with Crippen molar-refractivity contribution in [2.45, 2.75) is 5.60 Å². The molecule has 3 aromatic carbocycles. The molecule has 0 saturated heterocycles. The zero-order valence-corrected chi connectivity index (χ0v) is 23.4. The third-order valence-electron chi connectivity index (χ3n) is 6.36. The number of methoxy groups -OCH3 is 2. The van der Waals surface area contributed by atoms with Gasteiger partial charge in [-0.15, -0.1) is 0 Å². The van der Waals surface area contributed by atoms with Crippen molar-refractivity contribution in [2.24, 2.45) is 0 Å². The fraction of sp³-hybridized carbons (Fsp3) is 0.387. The molecule has 0 bridgehead atoms. The van der Waals surface area contributed by atoms with Crippen LogP contribution in [0.25, 0.3) is 0 Å². The van der Waals surface area contributed by atoms with Gasteiger partial charge < -0.3 is 38.4 Å². The van der Waals surface area contributed by atoms with Crippen molar-refractivity contribution in [1.29, 1.82) is 0 Å². The Hall–Kier alpha value is -3.63. The Morgan fingerprint density at radius 3 is 1.52 bits per heavy atom. The van der Waals surface area contributed by atoms with Gasteiger partial charge in [-0.3, -0.25) is 0 Å². The molecule has 9 nitrogen and oxygen atoms in total. The fourth-order valence-electron chi connectivity index (χ4n) is 4.17. The number of hydrogen-bond donors (Lipinski definition) is 1. The highest BCUT2D eigenvalue weighted by molar-refractivity contribution is 5.64. The quantitative estimate of drug-likeness (QED) is 0.179. The van der Waals surface area contributed by atoms with Gasteiger partial charge in [0.25, 0.3) is 0 Å². The molecule has 0 radical (unpaired) electrons. The normalized spacial score (nSPS) is 11.3. The van der Waals surface area contributed by atoms with Gasteiger partial charge in [0.2, 0.25) is 0 Å². The average molecular weight is 554 g/mol. The molecule has 1 N–H and O–H groups in total. The molecule has 0 spiro atoms. The number of carbonyl (C=O) groups is 1. The summed E-state index contributed by atoms with van der Waals surface area (Å²) in [5, 5.41) is 8.81. The van der Waals surface area contributed by atoms with Gasteiger partial charge in [-0.05, 0) is 41.0 Å². The highest BCUT2D eigenvalue weighted by Gasteiger charge is 2.37. The molecule has 3 aromatic rings. The van der Waals surface area contributed by atoms with Crippen LogP contribution in [0.15, 0.2) is 78.9 Å². The summed E-state index contributed by atoms with van der Waals surface area (Å²) in [4.78, 5) is 11.9. The highest BCUT2D eigenvalue weighted by Crippen LogP contribution is 2.41. The first-order valence-corrected chi connectivity index (χ1v) is 13.2. The second-order valence-corrected chi connectivity index (χ2v) is 8.89. The summed E-state index contributed by atoms with van der Waals surface area (Å²) in [6.07, 6.45) is -0.977. The highest BCUT2D eigenvalue weighted by atomic mass is 16.6. The first-order chi connectivity index (χ1) is 19.5. The number of benzene rings is 3. The molecule has 0 aromatic heterocycles. The van der Waals surface area contributed by atoms with E-state index in [1.807, 2.05) is 66.7 Å². The minimum Gasteiger partial charge on any atom is -0.497 e. The van der Waals surface area contributed by atoms with Gasteiger partial charge >= 0.3 is 6.09 Å². The van der Waals surface area contributed by atoms with Gasteiger partial charge in [0.05, 0.1) is 60.5 Å². The Kier molecular flexibility index (Phi) is 12.7. The lowest BCUT2D eigenvalue weighted by Crippen LogP contribution is -2.34. The van der Waals surface area contributed by atoms with Gasteiger partial charge in [0.1, 0.15) is 17.1 Å². The summed E-state index contributed by atoms with van der Waals surface area (Å²) in [5.74, 6) is 1.53. The third kappa shape index (κ3) is 8.69. The molecule has 0 fully saturated rings. The second-order valence-electron chi connectivity index (χ2n) is 8.89. The van der Waals surface area contributed by atoms with Crippen molar-refractivity contribution < 1.29 is 38.3 Å². The average Bonchev–Trinajstić information content (AvgIpc) is 3.00. The number of amides is 1. The minimum absolute atomic E-state index is 0.315. The molecule has 0 aliphatic heterocycles. The van der Waals surface area contributed by atoms with E-state index in [1.54, 1.807) is 14.2 Å². The molecule has 0 unspecified atom stereocenters. The predicted molar refractivity (Wildman–Crippen MR) is 151 cm³/mol. The van der Waals surface area contributed by atoms with Crippen molar-refractivity contribution in [3.63, 3.8) is 0 Å². The van der Waals surface area contributed by atoms with E-state index in [-0.39, 0.29) is 0 Å². The van der Waals surface area contributed by atoms with E-state index in [0.717, 1.165) is 28.2 Å². The van der Waals surface area contributed by atoms with Crippen LogP contribution in [-0.4, -0.2) is 90.2 Å². The van der Waals surface area contributed by atoms with Crippen LogP contribution in [0.5, 0.6) is 11.5 Å². The van der Waals surface area contributed by atoms with Crippen LogP contribution in [-0.2, 0) is 24.5 Å². The molecule has 0 aliphatic carbocycles. The van der Waals surface area contributed by atoms with Gasteiger partial charge in [-0.25, -0.2) is 4.79 Å². The van der Waals surface area contributed by atoms with Gasteiger partial charge in [-0.2, -0.15) is 0 Å². The van der Waals surface area contributed by atoms with E-state index in [0.29, 0.717) is 52.8 Å². The van der Waals surface area contributed by atoms with Crippen LogP contribution < -0.4 is 9.47 Å². The van der Waals surface area contributed by atoms with Crippen molar-refractivity contribution >= 4 is 6.09 Å². The maximum Gasteiger partial charge on any atom is 0.407 e. The Morgan fingerprint density at radius 2 is 1.07 bits per heavy atom. The van der Waals surface area contributed by atoms with Crippen molar-refractivity contribution in [3.8, 4) is 11.5 Å². The van der Waals surface area contributed by atoms with Crippen LogP contribution in [0.2, 0.25) is 0 Å². The Labute approximate surface area is 236 Å². The topological polar surface area (TPSA) is 95.9 Å². The van der Waals surface area contributed by atoms with E-state index in [2.05, 4.69) is 12.1 Å². The van der Waals surface area contributed by atoms with Crippen LogP contribution in [0.4, 0.5) is 4.79 Å². The lowest BCUT2D eigenvalue weighted by atomic mass is 9.80. The Bertz CT molecular complexity index is 1070. The molecule has 9 heteroatoms. The SMILES string of the molecule is COc1ccc(C(OCCOCCOCCOCCN(C)C(=O)O)(c2ccccc2)c2ccc(OC)cc2)cc1. The number of carboxylic acid groups (broad SMARTS) is 1. The Balaban J connectivity index is 1.59. The molecule has 1 amide bonds. The van der Waals surface area contributed by atoms with Gasteiger partial charge in [0, 0.05) is 13.6 Å². The van der Waals surface area contributed by atoms with Crippen molar-refractivity contribution in [1.82, 2.24) is 4.90 Å². The summed E-state index contributed by atoms with van der Waals surface area (Å²) in [5.41, 5.74) is 2.03. The van der Waals surface area contributed by atoms with E-state index < -0.39 is 11.7 Å². The van der Waals surface area contributed by atoms with Crippen LogP contribution in [0.1, 0.15) is 16.7 Å². The number of rotatable bonds is 18. The molecule has 3 rings (SSSR count). The van der Waals surface area contributed by atoms with Gasteiger partial charge in [-0.1, -0.05) is 54.6 Å². The summed E-state index contributed by atoms with van der Waals surface area (Å²) < 4.78 is 34.2. The number of nitrogens with zero attached hydrogens (tertiary/aromatic N) is 1. The standard InChI is InChI=1S/C31H39NO8/c1-32(30(33)34)17-18-37-19-20-38-21-22-39-23-24-40-31(25-7-5-4-6-8-25,26-9-13-28(35-2)14-10-26)27-11-15-29(36-3)16-12-27/h4-16H,17-24H2,1-3H3,(H,33,34). The Morgan fingerprint density at radius 1 is 0.650 bits per heavy atom. The zero-order chi connectivity index (χ0) is 28.6. The molecule has 216 valence electrons. The summed E-state index contributed by atoms with van der Waals surface area (Å²) >= 11 is 0. The molecule has 0 aliphatic rings. The maximum atomic E-state index is 10.7. The second kappa shape index (κ2) is 16.5. The monoisotopic (exact) mass is 553 g/mol. The van der Waals surface area contributed by atoms with Crippen molar-refractivity contribution in [2.75, 3.05) is 74.1 Å². The molecule has 40 heavy (non-hydrogen) atoms. The lowest BCUT2D eigenvalue weighted by Gasteiger charge is -2.36. The summed E-state index contributed by atoms with van der Waals surface area (Å²) in [6.45, 7) is 2.98. The van der Waals surface area contributed by atoms with Crippen LogP contribution in [0.3, 0.4) is 0 Å². The molecular formula is C31H39NO8. The first-order valence-electron chi connectivity index (χ1n) is 13.2. The number of likely N-dealkylation sites (N-methyl/N-ethyl adjacent to an activating group) is 1. The molecular weight excluding hydrogens is 514 g/mol. The van der Waals surface area contributed by atoms with E-state index >= 15 is 0 Å². The lowest BCUT2D eigenvalue weighted by molar-refractivity contribution is -0.0370. The molecule has 0 atom stereocenters. The summed E-state index contributed by atoms with van der Waals surface area (Å²) in [7, 11) is 4.80.